The van der Waals surface area contributed by atoms with Crippen LogP contribution in [0.25, 0.3) is 0 Å². The van der Waals surface area contributed by atoms with Crippen LogP contribution in [0.15, 0.2) is 18.2 Å². The molecule has 0 aromatic heterocycles. The predicted octanol–water partition coefficient (Wildman–Crippen LogP) is 1.60. The standard InChI is InChI=1S/C12H16O4/c1-8-4-5-11(10(6-8)9(2)13)16-7-12(14)15-3/h4-6,9,13H,7H2,1-3H3/t9-/m0/s1. The van der Waals surface area contributed by atoms with E-state index in [2.05, 4.69) is 4.74 Å². The van der Waals surface area contributed by atoms with Crippen LogP contribution in [0.3, 0.4) is 0 Å². The topological polar surface area (TPSA) is 55.8 Å². The van der Waals surface area contributed by atoms with E-state index in [4.69, 9.17) is 4.74 Å². The van der Waals surface area contributed by atoms with Gasteiger partial charge < -0.3 is 14.6 Å². The number of rotatable bonds is 4. The van der Waals surface area contributed by atoms with E-state index in [9.17, 15) is 9.90 Å². The van der Waals surface area contributed by atoms with Crippen LogP contribution in [0, 0.1) is 6.92 Å². The van der Waals surface area contributed by atoms with E-state index >= 15 is 0 Å². The van der Waals surface area contributed by atoms with Crippen molar-refractivity contribution in [1.82, 2.24) is 0 Å². The Morgan fingerprint density at radius 1 is 1.50 bits per heavy atom. The molecular formula is C12H16O4. The molecule has 0 unspecified atom stereocenters. The van der Waals surface area contributed by atoms with Gasteiger partial charge in [-0.05, 0) is 26.0 Å². The number of ether oxygens (including phenoxy) is 2. The Balaban J connectivity index is 2.82. The number of aliphatic hydroxyl groups excluding tert-OH is 1. The van der Waals surface area contributed by atoms with Crippen molar-refractivity contribution in [2.45, 2.75) is 20.0 Å². The molecule has 0 aliphatic carbocycles. The quantitative estimate of drug-likeness (QED) is 0.789. The molecule has 0 bridgehead atoms. The fourth-order valence-corrected chi connectivity index (χ4v) is 1.32. The van der Waals surface area contributed by atoms with Gasteiger partial charge in [0.15, 0.2) is 6.61 Å². The third kappa shape index (κ3) is 3.24. The normalized spacial score (nSPS) is 12.0. The molecule has 88 valence electrons. The lowest BCUT2D eigenvalue weighted by atomic mass is 10.1. The summed E-state index contributed by atoms with van der Waals surface area (Å²) in [5.41, 5.74) is 1.70. The van der Waals surface area contributed by atoms with Gasteiger partial charge in [0.1, 0.15) is 5.75 Å². The lowest BCUT2D eigenvalue weighted by Gasteiger charge is -2.13. The summed E-state index contributed by atoms with van der Waals surface area (Å²) in [5, 5.41) is 9.56. The number of methoxy groups -OCH3 is 1. The number of hydrogen-bond acceptors (Lipinski definition) is 4. The van der Waals surface area contributed by atoms with Crippen LogP contribution in [0.1, 0.15) is 24.2 Å². The molecule has 1 aromatic carbocycles. The van der Waals surface area contributed by atoms with Crippen molar-refractivity contribution in [2.75, 3.05) is 13.7 Å². The maximum atomic E-state index is 10.9. The first-order valence-corrected chi connectivity index (χ1v) is 5.03. The molecule has 4 heteroatoms. The van der Waals surface area contributed by atoms with E-state index in [-0.39, 0.29) is 6.61 Å². The number of aryl methyl sites for hydroxylation is 1. The fraction of sp³-hybridized carbons (Fsp3) is 0.417. The highest BCUT2D eigenvalue weighted by Gasteiger charge is 2.11. The van der Waals surface area contributed by atoms with Crippen molar-refractivity contribution in [3.8, 4) is 5.75 Å². The van der Waals surface area contributed by atoms with E-state index in [0.717, 1.165) is 5.56 Å². The van der Waals surface area contributed by atoms with Crippen LogP contribution in [-0.4, -0.2) is 24.8 Å². The molecular weight excluding hydrogens is 208 g/mol. The summed E-state index contributed by atoms with van der Waals surface area (Å²) in [6, 6.07) is 5.43. The van der Waals surface area contributed by atoms with Crippen molar-refractivity contribution >= 4 is 5.97 Å². The average Bonchev–Trinajstić information content (AvgIpc) is 2.26. The molecule has 0 aliphatic heterocycles. The number of aliphatic hydroxyl groups is 1. The number of carbonyl (C=O) groups is 1. The fourth-order valence-electron chi connectivity index (χ4n) is 1.32. The molecule has 0 saturated heterocycles. The summed E-state index contributed by atoms with van der Waals surface area (Å²) in [6.45, 7) is 3.43. The number of carbonyl (C=O) groups excluding carboxylic acids is 1. The van der Waals surface area contributed by atoms with Gasteiger partial charge >= 0.3 is 5.97 Å². The van der Waals surface area contributed by atoms with Gasteiger partial charge in [-0.2, -0.15) is 0 Å². The summed E-state index contributed by atoms with van der Waals surface area (Å²) in [4.78, 5) is 10.9. The monoisotopic (exact) mass is 224 g/mol. The summed E-state index contributed by atoms with van der Waals surface area (Å²) in [6.07, 6.45) is -0.632. The lowest BCUT2D eigenvalue weighted by Crippen LogP contribution is -2.13. The second kappa shape index (κ2) is 5.51. The van der Waals surface area contributed by atoms with Gasteiger partial charge in [-0.15, -0.1) is 0 Å². The van der Waals surface area contributed by atoms with Crippen LogP contribution in [0.4, 0.5) is 0 Å². The van der Waals surface area contributed by atoms with Crippen LogP contribution in [0.2, 0.25) is 0 Å². The largest absolute Gasteiger partial charge is 0.482 e. The highest BCUT2D eigenvalue weighted by molar-refractivity contribution is 5.70. The third-order valence-corrected chi connectivity index (χ3v) is 2.19. The Bertz CT molecular complexity index is 371. The van der Waals surface area contributed by atoms with Gasteiger partial charge in [-0.1, -0.05) is 11.6 Å². The summed E-state index contributed by atoms with van der Waals surface area (Å²) >= 11 is 0. The molecule has 4 nitrogen and oxygen atoms in total. The maximum Gasteiger partial charge on any atom is 0.343 e. The molecule has 0 fully saturated rings. The van der Waals surface area contributed by atoms with E-state index in [1.807, 2.05) is 19.1 Å². The first-order valence-electron chi connectivity index (χ1n) is 5.03. The zero-order valence-corrected chi connectivity index (χ0v) is 9.69. The maximum absolute atomic E-state index is 10.9. The van der Waals surface area contributed by atoms with E-state index in [1.54, 1.807) is 13.0 Å². The molecule has 1 atom stereocenters. The van der Waals surface area contributed by atoms with Crippen LogP contribution >= 0.6 is 0 Å². The summed E-state index contributed by atoms with van der Waals surface area (Å²) in [7, 11) is 1.30. The van der Waals surface area contributed by atoms with Gasteiger partial charge in [0, 0.05) is 5.56 Å². The Kier molecular flexibility index (Phi) is 4.31. The van der Waals surface area contributed by atoms with Crippen molar-refractivity contribution in [3.05, 3.63) is 29.3 Å². The van der Waals surface area contributed by atoms with Gasteiger partial charge in [-0.3, -0.25) is 0 Å². The molecule has 0 amide bonds. The molecule has 0 saturated carbocycles. The predicted molar refractivity (Wildman–Crippen MR) is 59.3 cm³/mol. The zero-order valence-electron chi connectivity index (χ0n) is 9.69. The molecule has 1 aromatic rings. The molecule has 0 aliphatic rings. The highest BCUT2D eigenvalue weighted by Crippen LogP contribution is 2.26. The molecule has 0 radical (unpaired) electrons. The van der Waals surface area contributed by atoms with Crippen LogP contribution in [0.5, 0.6) is 5.75 Å². The van der Waals surface area contributed by atoms with Crippen molar-refractivity contribution in [1.29, 1.82) is 0 Å². The van der Waals surface area contributed by atoms with E-state index in [1.165, 1.54) is 7.11 Å². The number of esters is 1. The Labute approximate surface area is 94.8 Å². The lowest BCUT2D eigenvalue weighted by molar-refractivity contribution is -0.142. The minimum atomic E-state index is -0.632. The third-order valence-electron chi connectivity index (χ3n) is 2.19. The van der Waals surface area contributed by atoms with E-state index in [0.29, 0.717) is 11.3 Å². The second-order valence-electron chi connectivity index (χ2n) is 3.58. The summed E-state index contributed by atoms with van der Waals surface area (Å²) < 4.78 is 9.74. The zero-order chi connectivity index (χ0) is 12.1. The van der Waals surface area contributed by atoms with Crippen molar-refractivity contribution in [2.24, 2.45) is 0 Å². The number of benzene rings is 1. The molecule has 1 rings (SSSR count). The van der Waals surface area contributed by atoms with Gasteiger partial charge in [0.2, 0.25) is 0 Å². The summed E-state index contributed by atoms with van der Waals surface area (Å²) in [5.74, 6) is 0.0584. The Morgan fingerprint density at radius 3 is 2.75 bits per heavy atom. The van der Waals surface area contributed by atoms with Crippen molar-refractivity contribution < 1.29 is 19.4 Å². The van der Waals surface area contributed by atoms with Crippen molar-refractivity contribution in [3.63, 3.8) is 0 Å². The first kappa shape index (κ1) is 12.5. The van der Waals surface area contributed by atoms with E-state index < -0.39 is 12.1 Å². The Hall–Kier alpha value is -1.55. The minimum absolute atomic E-state index is 0.153. The van der Waals surface area contributed by atoms with Gasteiger partial charge in [0.25, 0.3) is 0 Å². The molecule has 1 N–H and O–H groups in total. The highest BCUT2D eigenvalue weighted by atomic mass is 16.6. The van der Waals surface area contributed by atoms with Crippen LogP contribution < -0.4 is 4.74 Å². The van der Waals surface area contributed by atoms with Gasteiger partial charge in [-0.25, -0.2) is 4.79 Å². The molecule has 0 heterocycles. The van der Waals surface area contributed by atoms with Crippen LogP contribution in [-0.2, 0) is 9.53 Å². The first-order chi connectivity index (χ1) is 7.54. The minimum Gasteiger partial charge on any atom is -0.482 e. The average molecular weight is 224 g/mol. The smallest absolute Gasteiger partial charge is 0.343 e. The SMILES string of the molecule is COC(=O)COc1ccc(C)cc1[C@H](C)O. The second-order valence-corrected chi connectivity index (χ2v) is 3.58. The molecule has 16 heavy (non-hydrogen) atoms. The van der Waals surface area contributed by atoms with Gasteiger partial charge in [0.05, 0.1) is 13.2 Å². The Morgan fingerprint density at radius 2 is 2.19 bits per heavy atom. The number of hydrogen-bond donors (Lipinski definition) is 1. The molecule has 0 spiro atoms.